The standard InChI is InChI=1S/C17H16FNO3S/c1-2-22-17(21)14-12-7-4-8-13(12)23-16(14)19-15(20)10-5-3-6-11(18)9-10/h3,5-6,9H,2,4,7-8H2,1H3,(H,19,20). The topological polar surface area (TPSA) is 55.4 Å². The molecule has 0 saturated carbocycles. The largest absolute Gasteiger partial charge is 0.462 e. The van der Waals surface area contributed by atoms with Gasteiger partial charge >= 0.3 is 5.97 Å². The van der Waals surface area contributed by atoms with Crippen molar-refractivity contribution in [2.45, 2.75) is 26.2 Å². The van der Waals surface area contributed by atoms with Gasteiger partial charge in [0.25, 0.3) is 5.91 Å². The van der Waals surface area contributed by atoms with Crippen molar-refractivity contribution in [2.75, 3.05) is 11.9 Å². The molecule has 1 N–H and O–H groups in total. The predicted molar refractivity (Wildman–Crippen MR) is 86.7 cm³/mol. The number of nitrogens with one attached hydrogen (secondary N) is 1. The van der Waals surface area contributed by atoms with E-state index in [9.17, 15) is 14.0 Å². The molecule has 0 unspecified atom stereocenters. The summed E-state index contributed by atoms with van der Waals surface area (Å²) in [4.78, 5) is 25.6. The van der Waals surface area contributed by atoms with Crippen molar-refractivity contribution < 1.29 is 18.7 Å². The Hall–Kier alpha value is -2.21. The van der Waals surface area contributed by atoms with Crippen LogP contribution >= 0.6 is 11.3 Å². The van der Waals surface area contributed by atoms with E-state index in [1.54, 1.807) is 6.92 Å². The first kappa shape index (κ1) is 15.7. The van der Waals surface area contributed by atoms with Crippen molar-refractivity contribution in [3.63, 3.8) is 0 Å². The summed E-state index contributed by atoms with van der Waals surface area (Å²) in [6.07, 6.45) is 2.73. The normalized spacial score (nSPS) is 12.8. The summed E-state index contributed by atoms with van der Waals surface area (Å²) < 4.78 is 18.4. The van der Waals surface area contributed by atoms with Crippen LogP contribution in [0.4, 0.5) is 9.39 Å². The van der Waals surface area contributed by atoms with E-state index >= 15 is 0 Å². The minimum Gasteiger partial charge on any atom is -0.462 e. The average Bonchev–Trinajstić information content (AvgIpc) is 3.07. The first-order chi connectivity index (χ1) is 11.1. The number of thiophene rings is 1. The number of esters is 1. The molecule has 0 spiro atoms. The first-order valence-corrected chi connectivity index (χ1v) is 8.30. The van der Waals surface area contributed by atoms with Crippen molar-refractivity contribution in [1.29, 1.82) is 0 Å². The number of hydrogen-bond donors (Lipinski definition) is 1. The lowest BCUT2D eigenvalue weighted by Gasteiger charge is -2.08. The highest BCUT2D eigenvalue weighted by Crippen LogP contribution is 2.39. The molecule has 1 aromatic heterocycles. The minimum atomic E-state index is -0.475. The zero-order valence-electron chi connectivity index (χ0n) is 12.6. The number of amides is 1. The van der Waals surface area contributed by atoms with Crippen LogP contribution in [0.15, 0.2) is 24.3 Å². The van der Waals surface area contributed by atoms with E-state index in [2.05, 4.69) is 5.32 Å². The van der Waals surface area contributed by atoms with Gasteiger partial charge in [-0.15, -0.1) is 11.3 Å². The van der Waals surface area contributed by atoms with Crippen molar-refractivity contribution in [3.8, 4) is 0 Å². The highest BCUT2D eigenvalue weighted by molar-refractivity contribution is 7.17. The molecule has 0 fully saturated rings. The molecule has 1 heterocycles. The molecule has 0 radical (unpaired) electrons. The Morgan fingerprint density at radius 1 is 1.35 bits per heavy atom. The second-order valence-electron chi connectivity index (χ2n) is 5.25. The molecule has 3 rings (SSSR count). The third-order valence-electron chi connectivity index (χ3n) is 3.71. The number of carbonyl (C=O) groups excluding carboxylic acids is 2. The van der Waals surface area contributed by atoms with Gasteiger partial charge in [-0.3, -0.25) is 4.79 Å². The molecule has 1 aliphatic carbocycles. The quantitative estimate of drug-likeness (QED) is 0.866. The number of ether oxygens (including phenoxy) is 1. The van der Waals surface area contributed by atoms with Crippen LogP contribution in [0.3, 0.4) is 0 Å². The molecule has 0 atom stereocenters. The van der Waals surface area contributed by atoms with Gasteiger partial charge in [-0.25, -0.2) is 9.18 Å². The van der Waals surface area contributed by atoms with Gasteiger partial charge in [0.05, 0.1) is 12.2 Å². The Morgan fingerprint density at radius 2 is 2.17 bits per heavy atom. The third-order valence-corrected chi connectivity index (χ3v) is 4.92. The predicted octanol–water partition coefficient (Wildman–Crippen LogP) is 3.80. The second kappa shape index (κ2) is 6.50. The number of aryl methyl sites for hydroxylation is 1. The van der Waals surface area contributed by atoms with Gasteiger partial charge in [0.1, 0.15) is 10.8 Å². The van der Waals surface area contributed by atoms with Crippen LogP contribution in [0.25, 0.3) is 0 Å². The summed E-state index contributed by atoms with van der Waals surface area (Å²) in [6.45, 7) is 2.02. The number of benzene rings is 1. The molecule has 1 aliphatic rings. The summed E-state index contributed by atoms with van der Waals surface area (Å²) >= 11 is 1.40. The third kappa shape index (κ3) is 3.12. The first-order valence-electron chi connectivity index (χ1n) is 7.48. The Labute approximate surface area is 137 Å². The number of rotatable bonds is 4. The SMILES string of the molecule is CCOC(=O)c1c(NC(=O)c2cccc(F)c2)sc2c1CCC2. The lowest BCUT2D eigenvalue weighted by atomic mass is 10.1. The van der Waals surface area contributed by atoms with Crippen molar-refractivity contribution in [1.82, 2.24) is 0 Å². The van der Waals surface area contributed by atoms with Gasteiger partial charge in [0.15, 0.2) is 0 Å². The van der Waals surface area contributed by atoms with Crippen LogP contribution in [-0.2, 0) is 17.6 Å². The molecule has 23 heavy (non-hydrogen) atoms. The lowest BCUT2D eigenvalue weighted by molar-refractivity contribution is 0.0527. The van der Waals surface area contributed by atoms with Crippen LogP contribution in [0.2, 0.25) is 0 Å². The highest BCUT2D eigenvalue weighted by atomic mass is 32.1. The van der Waals surface area contributed by atoms with Gasteiger partial charge in [-0.05, 0) is 49.9 Å². The molecule has 1 aromatic carbocycles. The molecule has 0 saturated heterocycles. The van der Waals surface area contributed by atoms with Gasteiger partial charge in [-0.1, -0.05) is 6.07 Å². The van der Waals surface area contributed by atoms with Crippen molar-refractivity contribution in [2.24, 2.45) is 0 Å². The number of fused-ring (bicyclic) bond motifs is 1. The summed E-state index contributed by atoms with van der Waals surface area (Å²) in [5, 5.41) is 3.22. The monoisotopic (exact) mass is 333 g/mol. The van der Waals surface area contributed by atoms with Crippen LogP contribution in [0.1, 0.15) is 44.5 Å². The van der Waals surface area contributed by atoms with E-state index in [4.69, 9.17) is 4.74 Å². The average molecular weight is 333 g/mol. The molecule has 2 aromatic rings. The van der Waals surface area contributed by atoms with Crippen LogP contribution in [-0.4, -0.2) is 18.5 Å². The zero-order chi connectivity index (χ0) is 16.4. The van der Waals surface area contributed by atoms with Gasteiger partial charge in [-0.2, -0.15) is 0 Å². The molecule has 0 aliphatic heterocycles. The van der Waals surface area contributed by atoms with E-state index in [0.717, 1.165) is 29.7 Å². The van der Waals surface area contributed by atoms with Gasteiger partial charge in [0.2, 0.25) is 0 Å². The molecule has 4 nitrogen and oxygen atoms in total. The fourth-order valence-corrected chi connectivity index (χ4v) is 3.99. The lowest BCUT2D eigenvalue weighted by Crippen LogP contribution is -2.15. The summed E-state index contributed by atoms with van der Waals surface area (Å²) in [5.41, 5.74) is 1.64. The molecule has 1 amide bonds. The minimum absolute atomic E-state index is 0.216. The summed E-state index contributed by atoms with van der Waals surface area (Å²) in [6, 6.07) is 5.45. The Balaban J connectivity index is 1.91. The Morgan fingerprint density at radius 3 is 2.91 bits per heavy atom. The van der Waals surface area contributed by atoms with E-state index < -0.39 is 17.7 Å². The summed E-state index contributed by atoms with van der Waals surface area (Å²) in [7, 11) is 0. The fourth-order valence-electron chi connectivity index (χ4n) is 2.72. The van der Waals surface area contributed by atoms with E-state index in [0.29, 0.717) is 10.6 Å². The van der Waals surface area contributed by atoms with E-state index in [-0.39, 0.29) is 12.2 Å². The van der Waals surface area contributed by atoms with Gasteiger partial charge < -0.3 is 10.1 Å². The Kier molecular flexibility index (Phi) is 4.43. The summed E-state index contributed by atoms with van der Waals surface area (Å²) in [5.74, 6) is -1.33. The maximum Gasteiger partial charge on any atom is 0.341 e. The second-order valence-corrected chi connectivity index (χ2v) is 6.35. The molecule has 6 heteroatoms. The maximum atomic E-state index is 13.3. The molecule has 120 valence electrons. The molecular formula is C17H16FNO3S. The maximum absolute atomic E-state index is 13.3. The van der Waals surface area contributed by atoms with Crippen molar-refractivity contribution in [3.05, 3.63) is 51.7 Å². The number of carbonyl (C=O) groups is 2. The van der Waals surface area contributed by atoms with Crippen LogP contribution in [0, 0.1) is 5.82 Å². The highest BCUT2D eigenvalue weighted by Gasteiger charge is 2.28. The molecule has 0 bridgehead atoms. The number of anilines is 1. The number of hydrogen-bond acceptors (Lipinski definition) is 4. The zero-order valence-corrected chi connectivity index (χ0v) is 13.5. The van der Waals surface area contributed by atoms with E-state index in [1.165, 1.54) is 35.6 Å². The van der Waals surface area contributed by atoms with Gasteiger partial charge in [0, 0.05) is 10.4 Å². The fraction of sp³-hybridized carbons (Fsp3) is 0.294. The van der Waals surface area contributed by atoms with Crippen molar-refractivity contribution >= 4 is 28.2 Å². The molecular weight excluding hydrogens is 317 g/mol. The Bertz CT molecular complexity index is 769. The van der Waals surface area contributed by atoms with Crippen LogP contribution < -0.4 is 5.32 Å². The smallest absolute Gasteiger partial charge is 0.341 e. The number of halogens is 1. The van der Waals surface area contributed by atoms with Crippen LogP contribution in [0.5, 0.6) is 0 Å². The van der Waals surface area contributed by atoms with E-state index in [1.807, 2.05) is 0 Å².